The fourth-order valence-corrected chi connectivity index (χ4v) is 4.96. The van der Waals surface area contributed by atoms with Crippen LogP contribution in [-0.4, -0.2) is 56.6 Å². The number of carbonyl (C=O) groups is 2. The van der Waals surface area contributed by atoms with Crippen molar-refractivity contribution in [1.82, 2.24) is 24.4 Å². The van der Waals surface area contributed by atoms with Crippen molar-refractivity contribution in [2.75, 3.05) is 31.2 Å². The number of nitrogens with zero attached hydrogens (tertiary/aromatic N) is 5. The van der Waals surface area contributed by atoms with Crippen molar-refractivity contribution >= 4 is 34.7 Å². The van der Waals surface area contributed by atoms with Crippen molar-refractivity contribution in [3.05, 3.63) is 85.1 Å². The second-order valence-electron chi connectivity index (χ2n) is 9.54. The van der Waals surface area contributed by atoms with Gasteiger partial charge in [-0.25, -0.2) is 19.7 Å². The van der Waals surface area contributed by atoms with Gasteiger partial charge in [-0.05, 0) is 55.0 Å². The Hall–Kier alpha value is -5.25. The summed E-state index contributed by atoms with van der Waals surface area (Å²) in [5.74, 6) is 0.392. The lowest BCUT2D eigenvalue weighted by Crippen LogP contribution is -2.33. The predicted molar refractivity (Wildman–Crippen MR) is 153 cm³/mol. The molecule has 0 aliphatic carbocycles. The summed E-state index contributed by atoms with van der Waals surface area (Å²) >= 11 is 0. The number of amides is 2. The summed E-state index contributed by atoms with van der Waals surface area (Å²) in [6, 6.07) is 24.7. The van der Waals surface area contributed by atoms with Crippen molar-refractivity contribution in [3.63, 3.8) is 0 Å². The fraction of sp³-hybridized carbons (Fsp3) is 0.167. The number of aromatic nitrogens is 4. The number of urea groups is 1. The highest BCUT2D eigenvalue weighted by atomic mass is 16.5. The van der Waals surface area contributed by atoms with Crippen molar-refractivity contribution in [2.45, 2.75) is 6.42 Å². The molecule has 1 saturated heterocycles. The van der Waals surface area contributed by atoms with Gasteiger partial charge in [-0.3, -0.25) is 9.36 Å². The van der Waals surface area contributed by atoms with Gasteiger partial charge in [0.05, 0.1) is 24.3 Å². The van der Waals surface area contributed by atoms with E-state index in [1.54, 1.807) is 11.1 Å². The summed E-state index contributed by atoms with van der Waals surface area (Å²) in [5.41, 5.74) is 11.6. The Morgan fingerprint density at radius 3 is 2.52 bits per heavy atom. The van der Waals surface area contributed by atoms with E-state index in [0.717, 1.165) is 16.9 Å². The molecule has 1 fully saturated rings. The topological polar surface area (TPSA) is 128 Å². The minimum absolute atomic E-state index is 0.259. The Labute approximate surface area is 230 Å². The third-order valence-corrected chi connectivity index (χ3v) is 7.04. The molecule has 3 N–H and O–H groups in total. The van der Waals surface area contributed by atoms with Crippen LogP contribution in [0.15, 0.2) is 85.1 Å². The summed E-state index contributed by atoms with van der Waals surface area (Å²) < 4.78 is 6.77. The average molecular weight is 534 g/mol. The van der Waals surface area contributed by atoms with Gasteiger partial charge in [0.2, 0.25) is 0 Å². The number of esters is 1. The first kappa shape index (κ1) is 25.1. The first-order chi connectivity index (χ1) is 19.5. The first-order valence-corrected chi connectivity index (χ1v) is 12.9. The average Bonchev–Trinajstić information content (AvgIpc) is 3.63. The lowest BCUT2D eigenvalue weighted by Gasteiger charge is -2.17. The van der Waals surface area contributed by atoms with E-state index in [9.17, 15) is 9.59 Å². The van der Waals surface area contributed by atoms with Gasteiger partial charge in [-0.2, -0.15) is 0 Å². The smallest absolute Gasteiger partial charge is 0.321 e. The van der Waals surface area contributed by atoms with E-state index < -0.39 is 0 Å². The van der Waals surface area contributed by atoms with E-state index in [0.29, 0.717) is 53.6 Å². The summed E-state index contributed by atoms with van der Waals surface area (Å²) in [6.45, 7) is 0.832. The molecule has 1 aliphatic heterocycles. The number of hydrogen-bond acceptors (Lipinski definition) is 7. The van der Waals surface area contributed by atoms with Gasteiger partial charge in [0.1, 0.15) is 11.3 Å². The quantitative estimate of drug-likeness (QED) is 0.312. The number of pyridine rings is 2. The van der Waals surface area contributed by atoms with Crippen LogP contribution in [0.3, 0.4) is 0 Å². The van der Waals surface area contributed by atoms with Crippen LogP contribution in [0.4, 0.5) is 16.3 Å². The van der Waals surface area contributed by atoms with E-state index in [4.69, 9.17) is 20.4 Å². The highest BCUT2D eigenvalue weighted by Crippen LogP contribution is 2.32. The molecule has 2 aromatic carbocycles. The molecular formula is C30H27N7O3. The van der Waals surface area contributed by atoms with E-state index in [2.05, 4.69) is 10.3 Å². The Morgan fingerprint density at radius 1 is 0.975 bits per heavy atom. The van der Waals surface area contributed by atoms with E-state index in [1.165, 1.54) is 7.11 Å². The lowest BCUT2D eigenvalue weighted by atomic mass is 10.1. The molecule has 10 heteroatoms. The van der Waals surface area contributed by atoms with E-state index in [-0.39, 0.29) is 17.9 Å². The highest BCUT2D eigenvalue weighted by Gasteiger charge is 2.31. The van der Waals surface area contributed by atoms with Crippen LogP contribution in [0.2, 0.25) is 0 Å². The van der Waals surface area contributed by atoms with Crippen LogP contribution in [0.1, 0.15) is 6.42 Å². The van der Waals surface area contributed by atoms with Gasteiger partial charge in [0.25, 0.3) is 0 Å². The maximum Gasteiger partial charge on any atom is 0.321 e. The Balaban J connectivity index is 1.35. The number of benzene rings is 2. The number of nitrogens with two attached hydrogens (primary N) is 1. The van der Waals surface area contributed by atoms with Crippen molar-refractivity contribution in [1.29, 1.82) is 0 Å². The van der Waals surface area contributed by atoms with Crippen molar-refractivity contribution in [2.24, 2.45) is 5.92 Å². The molecule has 0 spiro atoms. The van der Waals surface area contributed by atoms with Crippen LogP contribution in [0.5, 0.6) is 0 Å². The molecule has 0 radical (unpaired) electrons. The minimum Gasteiger partial charge on any atom is -0.469 e. The predicted octanol–water partition coefficient (Wildman–Crippen LogP) is 4.76. The standard InChI is InChI=1S/C30H27N7O3/c1-40-29(38)20-15-17-36(18-20)30(39)33-21-9-11-22(12-10-21)37-27(23-8-5-16-32-26(23)31)35-25-14-13-24(34-28(25)37)19-6-3-2-4-7-19/h2-14,16,20H,15,17-18H2,1H3,(H2,31,32)(H,33,39). The first-order valence-electron chi connectivity index (χ1n) is 12.9. The number of ether oxygens (including phenoxy) is 1. The van der Waals surface area contributed by atoms with Crippen LogP contribution in [0, 0.1) is 5.92 Å². The summed E-state index contributed by atoms with van der Waals surface area (Å²) in [5, 5.41) is 2.92. The third-order valence-electron chi connectivity index (χ3n) is 7.04. The Kier molecular flexibility index (Phi) is 6.57. The molecule has 3 aromatic heterocycles. The second kappa shape index (κ2) is 10.5. The fourth-order valence-electron chi connectivity index (χ4n) is 4.96. The lowest BCUT2D eigenvalue weighted by molar-refractivity contribution is -0.144. The Morgan fingerprint density at radius 2 is 1.77 bits per heavy atom. The number of rotatable bonds is 5. The number of nitrogen functional groups attached to an aromatic ring is 1. The molecule has 4 heterocycles. The zero-order valence-electron chi connectivity index (χ0n) is 21.8. The van der Waals surface area contributed by atoms with Gasteiger partial charge in [0.15, 0.2) is 11.5 Å². The molecule has 1 atom stereocenters. The number of fused-ring (bicyclic) bond motifs is 1. The summed E-state index contributed by atoms with van der Waals surface area (Å²) in [4.78, 5) is 40.4. The summed E-state index contributed by atoms with van der Waals surface area (Å²) in [7, 11) is 1.36. The van der Waals surface area contributed by atoms with E-state index in [1.807, 2.05) is 83.4 Å². The highest BCUT2D eigenvalue weighted by molar-refractivity contribution is 5.90. The molecule has 1 aliphatic rings. The molecule has 1 unspecified atom stereocenters. The molecule has 10 nitrogen and oxygen atoms in total. The zero-order chi connectivity index (χ0) is 27.6. The van der Waals surface area contributed by atoms with Crippen LogP contribution in [-0.2, 0) is 9.53 Å². The molecule has 0 saturated carbocycles. The number of nitrogens with one attached hydrogen (secondary N) is 1. The largest absolute Gasteiger partial charge is 0.469 e. The SMILES string of the molecule is COC(=O)C1CCN(C(=O)Nc2ccc(-n3c(-c4cccnc4N)nc4ccc(-c5ccccc5)nc43)cc2)C1. The molecule has 6 rings (SSSR count). The number of imidazole rings is 1. The van der Waals surface area contributed by atoms with Crippen molar-refractivity contribution < 1.29 is 14.3 Å². The van der Waals surface area contributed by atoms with E-state index >= 15 is 0 Å². The number of methoxy groups -OCH3 is 1. The number of hydrogen-bond donors (Lipinski definition) is 2. The maximum absolute atomic E-state index is 12.8. The molecule has 40 heavy (non-hydrogen) atoms. The molecular weight excluding hydrogens is 506 g/mol. The second-order valence-corrected chi connectivity index (χ2v) is 9.54. The number of likely N-dealkylation sites (tertiary alicyclic amines) is 1. The summed E-state index contributed by atoms with van der Waals surface area (Å²) in [6.07, 6.45) is 2.23. The van der Waals surface area contributed by atoms with Crippen LogP contribution in [0.25, 0.3) is 39.5 Å². The maximum atomic E-state index is 12.8. The Bertz CT molecular complexity index is 1700. The van der Waals surface area contributed by atoms with Gasteiger partial charge < -0.3 is 20.7 Å². The minimum atomic E-state index is -0.292. The molecule has 0 bridgehead atoms. The van der Waals surface area contributed by atoms with Gasteiger partial charge in [-0.1, -0.05) is 30.3 Å². The number of anilines is 2. The normalized spacial score (nSPS) is 14.8. The van der Waals surface area contributed by atoms with Gasteiger partial charge >= 0.3 is 12.0 Å². The number of carbonyl (C=O) groups excluding carboxylic acids is 2. The van der Waals surface area contributed by atoms with Crippen molar-refractivity contribution in [3.8, 4) is 28.3 Å². The van der Waals surface area contributed by atoms with Gasteiger partial charge in [0, 0.05) is 36.2 Å². The zero-order valence-corrected chi connectivity index (χ0v) is 21.8. The van der Waals surface area contributed by atoms with Gasteiger partial charge in [-0.15, -0.1) is 0 Å². The molecule has 200 valence electrons. The molecule has 2 amide bonds. The third kappa shape index (κ3) is 4.71. The molecule has 5 aromatic rings. The monoisotopic (exact) mass is 533 g/mol. The van der Waals surface area contributed by atoms with Crippen LogP contribution >= 0.6 is 0 Å². The van der Waals surface area contributed by atoms with Crippen LogP contribution < -0.4 is 11.1 Å².